The molecule has 0 spiro atoms. The van der Waals surface area contributed by atoms with Crippen LogP contribution in [0.5, 0.6) is 0 Å². The number of hydrogen-bond donors (Lipinski definition) is 1. The molecule has 0 aromatic carbocycles. The fourth-order valence-corrected chi connectivity index (χ4v) is 4.80. The van der Waals surface area contributed by atoms with Gasteiger partial charge in [-0.2, -0.15) is 0 Å². The summed E-state index contributed by atoms with van der Waals surface area (Å²) in [5, 5.41) is 3.27. The summed E-state index contributed by atoms with van der Waals surface area (Å²) < 4.78 is 0. The fourth-order valence-electron chi connectivity index (χ4n) is 4.80. The molecule has 4 bridgehead atoms. The predicted octanol–water partition coefficient (Wildman–Crippen LogP) is 2.34. The van der Waals surface area contributed by atoms with Crippen molar-refractivity contribution in [2.75, 3.05) is 0 Å². The molecule has 4 aliphatic rings. The lowest BCUT2D eigenvalue weighted by molar-refractivity contribution is -0.126. The molecule has 0 aromatic heterocycles. The Kier molecular flexibility index (Phi) is 1.93. The first-order chi connectivity index (χ1) is 7.08. The van der Waals surface area contributed by atoms with Crippen molar-refractivity contribution in [1.82, 2.24) is 5.32 Å². The second-order valence-electron chi connectivity index (χ2n) is 6.29. The summed E-state index contributed by atoms with van der Waals surface area (Å²) in [7, 11) is 0. The third-order valence-corrected chi connectivity index (χ3v) is 5.19. The topological polar surface area (TPSA) is 29.1 Å². The summed E-state index contributed by atoms with van der Waals surface area (Å²) in [6, 6.07) is 0. The van der Waals surface area contributed by atoms with E-state index in [0.29, 0.717) is 0 Å². The Morgan fingerprint density at radius 2 is 1.80 bits per heavy atom. The van der Waals surface area contributed by atoms with Crippen molar-refractivity contribution in [1.29, 1.82) is 0 Å². The van der Waals surface area contributed by atoms with Crippen molar-refractivity contribution >= 4 is 5.91 Å². The van der Waals surface area contributed by atoms with Gasteiger partial charge in [0.1, 0.15) is 0 Å². The molecule has 0 aliphatic heterocycles. The first kappa shape index (κ1) is 9.68. The Bertz CT molecular complexity index is 283. The number of carbonyl (C=O) groups is 1. The molecule has 2 atom stereocenters. The number of carbonyl (C=O) groups excluding carboxylic acids is 1. The van der Waals surface area contributed by atoms with Gasteiger partial charge in [-0.3, -0.25) is 4.79 Å². The van der Waals surface area contributed by atoms with E-state index in [0.717, 1.165) is 23.7 Å². The van der Waals surface area contributed by atoms with Crippen molar-refractivity contribution in [3.05, 3.63) is 0 Å². The number of hydrogen-bond acceptors (Lipinski definition) is 1. The highest BCUT2D eigenvalue weighted by Crippen LogP contribution is 2.58. The van der Waals surface area contributed by atoms with Crippen molar-refractivity contribution < 1.29 is 4.79 Å². The monoisotopic (exact) mass is 207 g/mol. The number of amides is 1. The zero-order chi connectivity index (χ0) is 10.6. The van der Waals surface area contributed by atoms with Crippen LogP contribution < -0.4 is 5.32 Å². The van der Waals surface area contributed by atoms with Crippen LogP contribution in [0.2, 0.25) is 0 Å². The molecule has 4 fully saturated rings. The highest BCUT2D eigenvalue weighted by atomic mass is 16.1. The minimum atomic E-state index is 0.171. The van der Waals surface area contributed by atoms with Gasteiger partial charge < -0.3 is 5.32 Å². The van der Waals surface area contributed by atoms with Crippen LogP contribution in [0.1, 0.15) is 46.0 Å². The van der Waals surface area contributed by atoms with E-state index in [-0.39, 0.29) is 11.4 Å². The van der Waals surface area contributed by atoms with E-state index >= 15 is 0 Å². The van der Waals surface area contributed by atoms with Crippen LogP contribution in [-0.2, 0) is 4.79 Å². The lowest BCUT2D eigenvalue weighted by Crippen LogP contribution is -2.61. The molecule has 2 nitrogen and oxygen atoms in total. The lowest BCUT2D eigenvalue weighted by atomic mass is 9.49. The van der Waals surface area contributed by atoms with Crippen LogP contribution in [0.25, 0.3) is 0 Å². The Morgan fingerprint density at radius 3 is 2.33 bits per heavy atom. The van der Waals surface area contributed by atoms with E-state index in [2.05, 4.69) is 12.2 Å². The van der Waals surface area contributed by atoms with Crippen LogP contribution in [-0.4, -0.2) is 11.4 Å². The molecule has 1 amide bonds. The molecular weight excluding hydrogens is 186 g/mol. The van der Waals surface area contributed by atoms with Crippen molar-refractivity contribution in [2.24, 2.45) is 23.7 Å². The Morgan fingerprint density at radius 1 is 1.20 bits per heavy atom. The van der Waals surface area contributed by atoms with Crippen LogP contribution in [0, 0.1) is 23.7 Å². The standard InChI is InChI=1S/C13H21NO/c1-8-11-3-10-4-12(8)7-13(5-10,6-11)14-9(2)15/h8,10-12H,3-7H2,1-2H3,(H,14,15). The molecule has 84 valence electrons. The third-order valence-electron chi connectivity index (χ3n) is 5.19. The fraction of sp³-hybridized carbons (Fsp3) is 0.923. The zero-order valence-corrected chi connectivity index (χ0v) is 9.75. The summed E-state index contributed by atoms with van der Waals surface area (Å²) in [6.45, 7) is 4.09. The Labute approximate surface area is 91.8 Å². The van der Waals surface area contributed by atoms with Gasteiger partial charge in [0.15, 0.2) is 0 Å². The van der Waals surface area contributed by atoms with E-state index in [1.54, 1.807) is 6.92 Å². The molecule has 0 aromatic rings. The van der Waals surface area contributed by atoms with Gasteiger partial charge in [0.25, 0.3) is 0 Å². The van der Waals surface area contributed by atoms with Crippen molar-refractivity contribution in [2.45, 2.75) is 51.5 Å². The highest BCUT2D eigenvalue weighted by molar-refractivity contribution is 5.74. The van der Waals surface area contributed by atoms with Crippen LogP contribution in [0.4, 0.5) is 0 Å². The molecule has 15 heavy (non-hydrogen) atoms. The summed E-state index contributed by atoms with van der Waals surface area (Å²) in [5.41, 5.74) is 0.203. The van der Waals surface area contributed by atoms with E-state index in [1.165, 1.54) is 32.1 Å². The third kappa shape index (κ3) is 1.41. The van der Waals surface area contributed by atoms with Gasteiger partial charge in [-0.1, -0.05) is 6.92 Å². The van der Waals surface area contributed by atoms with Gasteiger partial charge >= 0.3 is 0 Å². The summed E-state index contributed by atoms with van der Waals surface area (Å²) >= 11 is 0. The minimum absolute atomic E-state index is 0.171. The van der Waals surface area contributed by atoms with Crippen LogP contribution in [0.3, 0.4) is 0 Å². The minimum Gasteiger partial charge on any atom is -0.351 e. The summed E-state index contributed by atoms with van der Waals surface area (Å²) in [6.07, 6.45) is 6.62. The molecule has 2 unspecified atom stereocenters. The van der Waals surface area contributed by atoms with Crippen LogP contribution >= 0.6 is 0 Å². The van der Waals surface area contributed by atoms with E-state index in [1.807, 2.05) is 0 Å². The smallest absolute Gasteiger partial charge is 0.217 e. The predicted molar refractivity (Wildman–Crippen MR) is 59.3 cm³/mol. The van der Waals surface area contributed by atoms with Crippen molar-refractivity contribution in [3.63, 3.8) is 0 Å². The molecule has 4 aliphatic carbocycles. The van der Waals surface area contributed by atoms with E-state index in [4.69, 9.17) is 0 Å². The van der Waals surface area contributed by atoms with E-state index in [9.17, 15) is 4.79 Å². The molecule has 4 saturated carbocycles. The van der Waals surface area contributed by atoms with Gasteiger partial charge in [0, 0.05) is 12.5 Å². The largest absolute Gasteiger partial charge is 0.351 e. The maximum atomic E-state index is 11.3. The average molecular weight is 207 g/mol. The number of rotatable bonds is 1. The SMILES string of the molecule is CC(=O)NC12CC3CC(C1)C(C)C(C3)C2. The Balaban J connectivity index is 1.85. The molecule has 1 N–H and O–H groups in total. The molecule has 0 radical (unpaired) electrons. The highest BCUT2D eigenvalue weighted by Gasteiger charge is 2.54. The molecule has 0 saturated heterocycles. The molecule has 0 heterocycles. The second-order valence-corrected chi connectivity index (χ2v) is 6.29. The number of nitrogens with one attached hydrogen (secondary N) is 1. The molecule has 4 rings (SSSR count). The van der Waals surface area contributed by atoms with Gasteiger partial charge in [-0.15, -0.1) is 0 Å². The first-order valence-electron chi connectivity index (χ1n) is 6.37. The average Bonchev–Trinajstić information content (AvgIpc) is 2.10. The lowest BCUT2D eigenvalue weighted by Gasteiger charge is -2.59. The normalized spacial score (nSPS) is 51.9. The molecule has 2 heteroatoms. The summed E-state index contributed by atoms with van der Waals surface area (Å²) in [5.74, 6) is 3.77. The van der Waals surface area contributed by atoms with Gasteiger partial charge in [0.05, 0.1) is 0 Å². The first-order valence-corrected chi connectivity index (χ1v) is 6.37. The van der Waals surface area contributed by atoms with Gasteiger partial charge in [-0.25, -0.2) is 0 Å². The summed E-state index contributed by atoms with van der Waals surface area (Å²) in [4.78, 5) is 11.3. The molecular formula is C13H21NO. The van der Waals surface area contributed by atoms with Gasteiger partial charge in [-0.05, 0) is 55.8 Å². The Hall–Kier alpha value is -0.530. The quantitative estimate of drug-likeness (QED) is 0.702. The zero-order valence-electron chi connectivity index (χ0n) is 9.75. The maximum absolute atomic E-state index is 11.3. The van der Waals surface area contributed by atoms with Crippen molar-refractivity contribution in [3.8, 4) is 0 Å². The van der Waals surface area contributed by atoms with Gasteiger partial charge in [0.2, 0.25) is 5.91 Å². The van der Waals surface area contributed by atoms with E-state index < -0.39 is 0 Å². The maximum Gasteiger partial charge on any atom is 0.217 e. The van der Waals surface area contributed by atoms with Crippen LogP contribution in [0.15, 0.2) is 0 Å². The second kappa shape index (κ2) is 2.99.